The van der Waals surface area contributed by atoms with E-state index in [1.165, 1.54) is 19.1 Å². The lowest BCUT2D eigenvalue weighted by Crippen LogP contribution is -2.38. The number of carbonyl (C=O) groups excluding carboxylic acids is 1. The number of nitrogens with one attached hydrogen (secondary N) is 1. The molecule has 0 saturated heterocycles. The number of hydrogen-bond acceptors (Lipinski definition) is 4. The molecule has 2 rings (SSSR count). The van der Waals surface area contributed by atoms with Crippen LogP contribution in [0.25, 0.3) is 10.8 Å². The highest BCUT2D eigenvalue weighted by Gasteiger charge is 2.22. The molecule has 0 aliphatic carbocycles. The van der Waals surface area contributed by atoms with Gasteiger partial charge in [0.1, 0.15) is 6.10 Å². The summed E-state index contributed by atoms with van der Waals surface area (Å²) in [4.78, 5) is 12.0. The van der Waals surface area contributed by atoms with E-state index in [0.29, 0.717) is 13.0 Å². The van der Waals surface area contributed by atoms with E-state index in [9.17, 15) is 13.2 Å². The summed E-state index contributed by atoms with van der Waals surface area (Å²) in [5.74, 6) is -0.692. The van der Waals surface area contributed by atoms with Crippen molar-refractivity contribution in [3.63, 3.8) is 0 Å². The van der Waals surface area contributed by atoms with Gasteiger partial charge in [-0.2, -0.15) is 0 Å². The molecule has 0 spiro atoms. The van der Waals surface area contributed by atoms with Gasteiger partial charge in [-0.3, -0.25) is 4.79 Å². The predicted molar refractivity (Wildman–Crippen MR) is 89.5 cm³/mol. The Labute approximate surface area is 136 Å². The Bertz CT molecular complexity index is 814. The van der Waals surface area contributed by atoms with Crippen molar-refractivity contribution >= 4 is 26.7 Å². The first kappa shape index (κ1) is 17.2. The zero-order valence-corrected chi connectivity index (χ0v) is 13.7. The minimum atomic E-state index is -3.93. The highest BCUT2D eigenvalue weighted by atomic mass is 32.2. The van der Waals surface area contributed by atoms with E-state index in [1.54, 1.807) is 12.1 Å². The molecule has 5 nitrogen and oxygen atoms in total. The third-order valence-electron chi connectivity index (χ3n) is 3.33. The molecule has 23 heavy (non-hydrogen) atoms. The maximum absolute atomic E-state index is 12.3. The average molecular weight is 333 g/mol. The van der Waals surface area contributed by atoms with E-state index >= 15 is 0 Å². The topological polar surface area (TPSA) is 72.5 Å². The van der Waals surface area contributed by atoms with E-state index in [2.05, 4.69) is 6.58 Å². The highest BCUT2D eigenvalue weighted by molar-refractivity contribution is 7.90. The van der Waals surface area contributed by atoms with Crippen LogP contribution in [0.2, 0.25) is 0 Å². The molecule has 1 atom stereocenters. The number of benzene rings is 2. The minimum Gasteiger partial charge on any atom is -0.368 e. The van der Waals surface area contributed by atoms with Gasteiger partial charge in [0.2, 0.25) is 0 Å². The molecule has 2 aromatic rings. The van der Waals surface area contributed by atoms with Crippen LogP contribution in [-0.2, 0) is 19.6 Å². The smallest absolute Gasteiger partial charge is 0.264 e. The highest BCUT2D eigenvalue weighted by Crippen LogP contribution is 2.18. The van der Waals surface area contributed by atoms with Crippen LogP contribution in [0.15, 0.2) is 60.0 Å². The quantitative estimate of drug-likeness (QED) is 0.624. The predicted octanol–water partition coefficient (Wildman–Crippen LogP) is 2.63. The number of ether oxygens (including phenoxy) is 1. The molecule has 6 heteroatoms. The van der Waals surface area contributed by atoms with Gasteiger partial charge in [0.05, 0.1) is 11.5 Å². The van der Waals surface area contributed by atoms with Crippen LogP contribution < -0.4 is 4.72 Å². The molecular weight excluding hydrogens is 314 g/mol. The largest absolute Gasteiger partial charge is 0.368 e. The van der Waals surface area contributed by atoms with E-state index in [4.69, 9.17) is 4.74 Å². The number of rotatable bonds is 7. The van der Waals surface area contributed by atoms with Gasteiger partial charge in [0.15, 0.2) is 0 Å². The number of fused-ring (bicyclic) bond motifs is 1. The van der Waals surface area contributed by atoms with Crippen LogP contribution in [0.5, 0.6) is 0 Å². The normalized spacial score (nSPS) is 12.7. The van der Waals surface area contributed by atoms with Crippen molar-refractivity contribution in [2.24, 2.45) is 0 Å². The monoisotopic (exact) mass is 333 g/mol. The van der Waals surface area contributed by atoms with Crippen molar-refractivity contribution in [2.75, 3.05) is 6.61 Å². The number of carbonyl (C=O) groups is 1. The molecule has 0 fully saturated rings. The Balaban J connectivity index is 2.13. The third kappa shape index (κ3) is 4.40. The van der Waals surface area contributed by atoms with Crippen molar-refractivity contribution in [3.8, 4) is 0 Å². The molecule has 0 saturated carbocycles. The van der Waals surface area contributed by atoms with Crippen molar-refractivity contribution in [3.05, 3.63) is 55.1 Å². The summed E-state index contributed by atoms with van der Waals surface area (Å²) < 4.78 is 31.9. The fraction of sp³-hybridized carbons (Fsp3) is 0.235. The van der Waals surface area contributed by atoms with Crippen LogP contribution in [0.4, 0.5) is 0 Å². The molecule has 122 valence electrons. The van der Waals surface area contributed by atoms with Crippen molar-refractivity contribution in [1.82, 2.24) is 4.72 Å². The summed E-state index contributed by atoms with van der Waals surface area (Å²) in [6.45, 7) is 5.37. The third-order valence-corrected chi connectivity index (χ3v) is 4.67. The second kappa shape index (κ2) is 7.39. The molecule has 0 bridgehead atoms. The Hall–Kier alpha value is -2.18. The Morgan fingerprint density at radius 1 is 1.26 bits per heavy atom. The summed E-state index contributed by atoms with van der Waals surface area (Å²) >= 11 is 0. The fourth-order valence-electron chi connectivity index (χ4n) is 2.01. The lowest BCUT2D eigenvalue weighted by molar-refractivity contribution is -0.129. The van der Waals surface area contributed by atoms with Gasteiger partial charge in [0, 0.05) is 0 Å². The van der Waals surface area contributed by atoms with E-state index in [0.717, 1.165) is 10.8 Å². The van der Waals surface area contributed by atoms with Gasteiger partial charge < -0.3 is 4.74 Å². The van der Waals surface area contributed by atoms with Crippen molar-refractivity contribution in [1.29, 1.82) is 0 Å². The molecule has 0 aromatic heterocycles. The molecule has 1 N–H and O–H groups in total. The molecule has 0 unspecified atom stereocenters. The zero-order valence-electron chi connectivity index (χ0n) is 12.9. The van der Waals surface area contributed by atoms with Crippen LogP contribution >= 0.6 is 0 Å². The lowest BCUT2D eigenvalue weighted by atomic mass is 10.1. The van der Waals surface area contributed by atoms with Gasteiger partial charge in [-0.25, -0.2) is 13.1 Å². The van der Waals surface area contributed by atoms with Gasteiger partial charge in [-0.15, -0.1) is 6.58 Å². The number of amides is 1. The van der Waals surface area contributed by atoms with E-state index < -0.39 is 22.0 Å². The van der Waals surface area contributed by atoms with E-state index in [-0.39, 0.29) is 4.90 Å². The second-order valence-electron chi connectivity index (χ2n) is 5.07. The summed E-state index contributed by atoms with van der Waals surface area (Å²) in [5.41, 5.74) is 0. The maximum Gasteiger partial charge on any atom is 0.264 e. The Kier molecular flexibility index (Phi) is 5.52. The van der Waals surface area contributed by atoms with Crippen molar-refractivity contribution in [2.45, 2.75) is 24.3 Å². The summed E-state index contributed by atoms with van der Waals surface area (Å²) in [5, 5.41) is 1.72. The fourth-order valence-corrected chi connectivity index (χ4v) is 3.09. The first-order valence-corrected chi connectivity index (χ1v) is 8.70. The standard InChI is InChI=1S/C17H19NO4S/c1-3-4-11-22-13(2)17(19)18-23(20,21)16-10-9-14-7-5-6-8-15(14)12-16/h3,5-10,12-13H,1,4,11H2,2H3,(H,18,19)/t13-/m1/s1. The zero-order chi connectivity index (χ0) is 16.9. The Morgan fingerprint density at radius 2 is 1.96 bits per heavy atom. The molecule has 2 aromatic carbocycles. The molecule has 0 radical (unpaired) electrons. The molecule has 0 aliphatic rings. The van der Waals surface area contributed by atoms with Gasteiger partial charge >= 0.3 is 0 Å². The summed E-state index contributed by atoms with van der Waals surface area (Å²) in [6.07, 6.45) is 1.40. The molecule has 1 amide bonds. The lowest BCUT2D eigenvalue weighted by Gasteiger charge is -2.13. The van der Waals surface area contributed by atoms with E-state index in [1.807, 2.05) is 29.0 Å². The number of hydrogen-bond donors (Lipinski definition) is 1. The minimum absolute atomic E-state index is 0.0443. The average Bonchev–Trinajstić information content (AvgIpc) is 2.54. The van der Waals surface area contributed by atoms with Crippen molar-refractivity contribution < 1.29 is 17.9 Å². The Morgan fingerprint density at radius 3 is 2.65 bits per heavy atom. The summed E-state index contributed by atoms with van der Waals surface area (Å²) in [6, 6.07) is 12.1. The second-order valence-corrected chi connectivity index (χ2v) is 6.75. The molecule has 0 heterocycles. The summed E-state index contributed by atoms with van der Waals surface area (Å²) in [7, 11) is -3.93. The molecule has 0 aliphatic heterocycles. The van der Waals surface area contributed by atoms with Gasteiger partial charge in [0.25, 0.3) is 15.9 Å². The first-order chi connectivity index (χ1) is 10.9. The maximum atomic E-state index is 12.3. The van der Waals surface area contributed by atoms with Crippen LogP contribution in [-0.4, -0.2) is 27.0 Å². The van der Waals surface area contributed by atoms with Gasteiger partial charge in [-0.1, -0.05) is 36.4 Å². The van der Waals surface area contributed by atoms with Gasteiger partial charge in [-0.05, 0) is 36.2 Å². The number of sulfonamides is 1. The van der Waals surface area contributed by atoms with Crippen LogP contribution in [0.1, 0.15) is 13.3 Å². The molecular formula is C17H19NO4S. The van der Waals surface area contributed by atoms with Crippen LogP contribution in [0.3, 0.4) is 0 Å². The first-order valence-electron chi connectivity index (χ1n) is 7.22. The van der Waals surface area contributed by atoms with Crippen LogP contribution in [0, 0.1) is 0 Å². The SMILES string of the molecule is C=CCCO[C@H](C)C(=O)NS(=O)(=O)c1ccc2ccccc2c1.